The van der Waals surface area contributed by atoms with Crippen LogP contribution < -0.4 is 10.9 Å². The summed E-state index contributed by atoms with van der Waals surface area (Å²) in [6.07, 6.45) is 2.25. The number of hydrogen-bond acceptors (Lipinski definition) is 5. The van der Waals surface area contributed by atoms with Crippen LogP contribution in [0.1, 0.15) is 31.2 Å². The first-order chi connectivity index (χ1) is 17.1. The lowest BCUT2D eigenvalue weighted by molar-refractivity contribution is -0.115. The monoisotopic (exact) mass is 497 g/mol. The first-order valence-corrected chi connectivity index (χ1v) is 13.4. The number of nitrogens with zero attached hydrogens (tertiary/aromatic N) is 2. The summed E-state index contributed by atoms with van der Waals surface area (Å²) in [5, 5.41) is 8.00. The van der Waals surface area contributed by atoms with Crippen LogP contribution in [0.5, 0.6) is 0 Å². The molecule has 1 aliphatic rings. The highest BCUT2D eigenvalue weighted by Crippen LogP contribution is 2.44. The van der Waals surface area contributed by atoms with E-state index in [1.54, 1.807) is 4.57 Å². The van der Waals surface area contributed by atoms with E-state index in [1.165, 1.54) is 23.1 Å². The first kappa shape index (κ1) is 22.1. The third-order valence-electron chi connectivity index (χ3n) is 6.34. The molecule has 35 heavy (non-hydrogen) atoms. The van der Waals surface area contributed by atoms with Gasteiger partial charge in [-0.15, -0.1) is 11.3 Å². The predicted octanol–water partition coefficient (Wildman–Crippen LogP) is 6.60. The van der Waals surface area contributed by atoms with E-state index in [9.17, 15) is 9.59 Å². The molecule has 1 amide bonds. The van der Waals surface area contributed by atoms with Crippen molar-refractivity contribution in [3.05, 3.63) is 94.1 Å². The highest BCUT2D eigenvalue weighted by molar-refractivity contribution is 8.00. The minimum atomic E-state index is -0.462. The molecule has 0 spiro atoms. The number of aromatic nitrogens is 2. The molecule has 1 N–H and O–H groups in total. The fourth-order valence-corrected chi connectivity index (χ4v) is 6.34. The number of thioether (sulfide) groups is 1. The lowest BCUT2D eigenvalue weighted by Crippen LogP contribution is -2.26. The molecule has 2 aromatic heterocycles. The Bertz CT molecular complexity index is 1620. The van der Waals surface area contributed by atoms with Crippen LogP contribution in [-0.2, 0) is 4.79 Å². The Hall–Kier alpha value is -3.42. The van der Waals surface area contributed by atoms with E-state index in [1.807, 2.05) is 79.7 Å². The molecule has 1 aliphatic carbocycles. The fourth-order valence-electron chi connectivity index (χ4n) is 4.35. The second kappa shape index (κ2) is 8.98. The molecule has 1 atom stereocenters. The Morgan fingerprint density at radius 3 is 2.60 bits per heavy atom. The molecule has 5 nitrogen and oxygen atoms in total. The van der Waals surface area contributed by atoms with Crippen molar-refractivity contribution < 1.29 is 4.79 Å². The van der Waals surface area contributed by atoms with Crippen LogP contribution >= 0.6 is 23.1 Å². The van der Waals surface area contributed by atoms with Crippen molar-refractivity contribution in [2.45, 2.75) is 36.1 Å². The highest BCUT2D eigenvalue weighted by atomic mass is 32.2. The van der Waals surface area contributed by atoms with Gasteiger partial charge in [0.25, 0.3) is 5.56 Å². The van der Waals surface area contributed by atoms with Gasteiger partial charge in [0.1, 0.15) is 4.83 Å². The number of amides is 1. The zero-order chi connectivity index (χ0) is 23.9. The quantitative estimate of drug-likeness (QED) is 0.212. The maximum atomic E-state index is 13.8. The number of benzene rings is 3. The molecule has 3 aromatic carbocycles. The molecular weight excluding hydrogens is 474 g/mol. The number of carbonyl (C=O) groups is 1. The Kier molecular flexibility index (Phi) is 5.66. The average molecular weight is 498 g/mol. The van der Waals surface area contributed by atoms with Crippen LogP contribution in [0.4, 0.5) is 5.69 Å². The Balaban J connectivity index is 1.37. The molecule has 6 rings (SSSR count). The van der Waals surface area contributed by atoms with Gasteiger partial charge in [-0.05, 0) is 60.2 Å². The van der Waals surface area contributed by atoms with E-state index >= 15 is 0 Å². The molecule has 0 bridgehead atoms. The number of fused-ring (bicyclic) bond motifs is 2. The van der Waals surface area contributed by atoms with E-state index in [0.29, 0.717) is 11.1 Å². The second-order valence-corrected chi connectivity index (χ2v) is 11.0. The molecule has 1 saturated carbocycles. The third-order valence-corrected chi connectivity index (χ3v) is 8.28. The van der Waals surface area contributed by atoms with Crippen molar-refractivity contribution in [3.63, 3.8) is 0 Å². The van der Waals surface area contributed by atoms with Crippen molar-refractivity contribution >= 4 is 55.7 Å². The van der Waals surface area contributed by atoms with Gasteiger partial charge >= 0.3 is 0 Å². The molecule has 2 heterocycles. The Morgan fingerprint density at radius 2 is 1.80 bits per heavy atom. The summed E-state index contributed by atoms with van der Waals surface area (Å²) in [5.41, 5.74) is 2.58. The first-order valence-electron chi connectivity index (χ1n) is 11.6. The lowest BCUT2D eigenvalue weighted by Gasteiger charge is -2.16. The number of anilines is 1. The molecule has 1 unspecified atom stereocenters. The molecule has 0 saturated heterocycles. The van der Waals surface area contributed by atoms with Crippen molar-refractivity contribution in [1.29, 1.82) is 0 Å². The minimum absolute atomic E-state index is 0.0616. The van der Waals surface area contributed by atoms with Gasteiger partial charge in [-0.1, -0.05) is 66.4 Å². The van der Waals surface area contributed by atoms with Crippen molar-refractivity contribution in [2.24, 2.45) is 0 Å². The van der Waals surface area contributed by atoms with E-state index in [2.05, 4.69) is 10.7 Å². The van der Waals surface area contributed by atoms with Crippen LogP contribution in [0.15, 0.2) is 88.1 Å². The van der Waals surface area contributed by atoms with Crippen molar-refractivity contribution in [1.82, 2.24) is 9.55 Å². The Labute approximate surface area is 210 Å². The standard InChI is InChI=1S/C28H23N3O2S2/c1-17(25(32)29-23-13-7-9-18-8-5-6-12-21(18)23)35-28-30-26-24(22(16-34-26)19-14-15-19)27(33)31(28)20-10-3-2-4-11-20/h2-13,16-17,19H,14-15H2,1H3,(H,29,32). The third kappa shape index (κ3) is 4.15. The number of hydrogen-bond donors (Lipinski definition) is 1. The van der Waals surface area contributed by atoms with Gasteiger partial charge in [0.05, 0.1) is 16.3 Å². The summed E-state index contributed by atoms with van der Waals surface area (Å²) in [7, 11) is 0. The fraction of sp³-hybridized carbons (Fsp3) is 0.179. The smallest absolute Gasteiger partial charge is 0.267 e. The topological polar surface area (TPSA) is 64.0 Å². The van der Waals surface area contributed by atoms with Crippen LogP contribution in [0.3, 0.4) is 0 Å². The summed E-state index contributed by atoms with van der Waals surface area (Å²) < 4.78 is 1.66. The molecule has 7 heteroatoms. The van der Waals surface area contributed by atoms with Gasteiger partial charge in [-0.3, -0.25) is 14.2 Å². The van der Waals surface area contributed by atoms with Crippen LogP contribution in [0.2, 0.25) is 0 Å². The van der Waals surface area contributed by atoms with Crippen molar-refractivity contribution in [2.75, 3.05) is 5.32 Å². The zero-order valence-corrected chi connectivity index (χ0v) is 20.7. The minimum Gasteiger partial charge on any atom is -0.325 e. The maximum absolute atomic E-state index is 13.8. The molecule has 5 aromatic rings. The molecule has 174 valence electrons. The lowest BCUT2D eigenvalue weighted by atomic mass is 10.1. The number of carbonyl (C=O) groups excluding carboxylic acids is 1. The number of rotatable bonds is 6. The van der Waals surface area contributed by atoms with E-state index in [4.69, 9.17) is 4.98 Å². The maximum Gasteiger partial charge on any atom is 0.267 e. The van der Waals surface area contributed by atoms with E-state index in [0.717, 1.165) is 50.8 Å². The zero-order valence-electron chi connectivity index (χ0n) is 19.1. The number of para-hydroxylation sites is 1. The van der Waals surface area contributed by atoms with Gasteiger partial charge in [-0.2, -0.15) is 0 Å². The summed E-state index contributed by atoms with van der Waals surface area (Å²) in [6, 6.07) is 23.4. The van der Waals surface area contributed by atoms with Crippen molar-refractivity contribution in [3.8, 4) is 5.69 Å². The molecular formula is C28H23N3O2S2. The largest absolute Gasteiger partial charge is 0.325 e. The molecule has 0 radical (unpaired) electrons. The van der Waals surface area contributed by atoms with E-state index in [-0.39, 0.29) is 11.5 Å². The summed E-state index contributed by atoms with van der Waals surface area (Å²) >= 11 is 2.82. The van der Waals surface area contributed by atoms with Gasteiger partial charge in [0.15, 0.2) is 5.16 Å². The van der Waals surface area contributed by atoms with Gasteiger partial charge in [0.2, 0.25) is 5.91 Å². The Morgan fingerprint density at radius 1 is 1.06 bits per heavy atom. The predicted molar refractivity (Wildman–Crippen MR) is 145 cm³/mol. The second-order valence-electron chi connectivity index (χ2n) is 8.79. The highest BCUT2D eigenvalue weighted by Gasteiger charge is 2.29. The summed E-state index contributed by atoms with van der Waals surface area (Å²) in [5.74, 6) is 0.330. The van der Waals surface area contributed by atoms with Gasteiger partial charge in [0, 0.05) is 11.1 Å². The van der Waals surface area contributed by atoms with Crippen LogP contribution in [0.25, 0.3) is 26.7 Å². The van der Waals surface area contributed by atoms with E-state index < -0.39 is 5.25 Å². The van der Waals surface area contributed by atoms with Gasteiger partial charge < -0.3 is 5.32 Å². The molecule has 0 aliphatic heterocycles. The van der Waals surface area contributed by atoms with Crippen LogP contribution in [-0.4, -0.2) is 20.7 Å². The number of thiophene rings is 1. The summed E-state index contributed by atoms with van der Waals surface area (Å²) in [6.45, 7) is 1.85. The van der Waals surface area contributed by atoms with Crippen LogP contribution in [0, 0.1) is 0 Å². The molecule has 1 fully saturated rings. The van der Waals surface area contributed by atoms with Gasteiger partial charge in [-0.25, -0.2) is 4.98 Å². The normalized spacial score (nSPS) is 14.3. The summed E-state index contributed by atoms with van der Waals surface area (Å²) in [4.78, 5) is 32.6. The average Bonchev–Trinajstić information content (AvgIpc) is 3.64. The number of nitrogens with one attached hydrogen (secondary N) is 1. The SMILES string of the molecule is CC(Sc1nc2scc(C3CC3)c2c(=O)n1-c1ccccc1)C(=O)Nc1cccc2ccccc12.